The van der Waals surface area contributed by atoms with Crippen molar-refractivity contribution >= 4 is 5.97 Å². The smallest absolute Gasteiger partial charge is 0.330 e. The van der Waals surface area contributed by atoms with Gasteiger partial charge in [-0.05, 0) is 6.42 Å². The minimum Gasteiger partial charge on any atom is -0.460 e. The van der Waals surface area contributed by atoms with Crippen LogP contribution in [0.5, 0.6) is 0 Å². The van der Waals surface area contributed by atoms with Crippen molar-refractivity contribution in [2.45, 2.75) is 39.0 Å². The van der Waals surface area contributed by atoms with Crippen molar-refractivity contribution in [3.8, 4) is 0 Å². The fourth-order valence-corrected chi connectivity index (χ4v) is 3.37. The number of carbonyl (C=O) groups excluding carboxylic acids is 1. The SMILES string of the molecule is C=CC(=O)OCCOCCOCCOCCOCCOCCOCCOCCOCCOCCOCCOCCCCCCC. The highest BCUT2D eigenvalue weighted by Gasteiger charge is 1.98. The quantitative estimate of drug-likeness (QED) is 0.0546. The molecule has 0 rings (SSSR count). The molecular formula is C32H62O13. The summed E-state index contributed by atoms with van der Waals surface area (Å²) < 4.78 is 64.7. The largest absolute Gasteiger partial charge is 0.460 e. The van der Waals surface area contributed by atoms with Crippen LogP contribution in [0.4, 0.5) is 0 Å². The van der Waals surface area contributed by atoms with Crippen LogP contribution in [0.25, 0.3) is 0 Å². The molecule has 0 bridgehead atoms. The van der Waals surface area contributed by atoms with Gasteiger partial charge in [0.15, 0.2) is 0 Å². The number of unbranched alkanes of at least 4 members (excludes halogenated alkanes) is 4. The average molecular weight is 655 g/mol. The van der Waals surface area contributed by atoms with E-state index in [1.807, 2.05) is 0 Å². The maximum Gasteiger partial charge on any atom is 0.330 e. The van der Waals surface area contributed by atoms with Gasteiger partial charge in [0.05, 0.1) is 139 Å². The third-order valence-electron chi connectivity index (χ3n) is 5.75. The van der Waals surface area contributed by atoms with Gasteiger partial charge in [-0.1, -0.05) is 39.2 Å². The Bertz CT molecular complexity index is 583. The van der Waals surface area contributed by atoms with Crippen LogP contribution in [0.2, 0.25) is 0 Å². The van der Waals surface area contributed by atoms with E-state index in [2.05, 4.69) is 13.5 Å². The molecule has 0 atom stereocenters. The Balaban J connectivity index is 3.05. The molecule has 0 aromatic rings. The summed E-state index contributed by atoms with van der Waals surface area (Å²) in [7, 11) is 0. The molecule has 0 aromatic heterocycles. The van der Waals surface area contributed by atoms with Gasteiger partial charge >= 0.3 is 5.97 Å². The van der Waals surface area contributed by atoms with Gasteiger partial charge in [0.1, 0.15) is 6.61 Å². The lowest BCUT2D eigenvalue weighted by atomic mass is 10.2. The summed E-state index contributed by atoms with van der Waals surface area (Å²) in [6.07, 6.45) is 7.38. The topological polar surface area (TPSA) is 128 Å². The molecule has 268 valence electrons. The summed E-state index contributed by atoms with van der Waals surface area (Å²) in [4.78, 5) is 10.8. The predicted molar refractivity (Wildman–Crippen MR) is 169 cm³/mol. The van der Waals surface area contributed by atoms with Crippen molar-refractivity contribution in [3.63, 3.8) is 0 Å². The molecule has 0 amide bonds. The van der Waals surface area contributed by atoms with E-state index < -0.39 is 5.97 Å². The van der Waals surface area contributed by atoms with E-state index in [9.17, 15) is 4.79 Å². The molecule has 0 saturated carbocycles. The minimum atomic E-state index is -0.457. The van der Waals surface area contributed by atoms with Crippen LogP contribution in [0.3, 0.4) is 0 Å². The second kappa shape index (κ2) is 40.8. The lowest BCUT2D eigenvalue weighted by Crippen LogP contribution is -2.15. The first-order valence-corrected chi connectivity index (χ1v) is 16.5. The van der Waals surface area contributed by atoms with Gasteiger partial charge in [0.2, 0.25) is 0 Å². The molecule has 45 heavy (non-hydrogen) atoms. The van der Waals surface area contributed by atoms with Crippen LogP contribution in [0, 0.1) is 0 Å². The molecule has 0 aliphatic heterocycles. The molecule has 0 heterocycles. The first-order chi connectivity index (χ1) is 22.3. The molecule has 13 nitrogen and oxygen atoms in total. The van der Waals surface area contributed by atoms with Crippen LogP contribution < -0.4 is 0 Å². The summed E-state index contributed by atoms with van der Waals surface area (Å²) in [6, 6.07) is 0. The van der Waals surface area contributed by atoms with Gasteiger partial charge in [0.25, 0.3) is 0 Å². The number of hydrogen-bond donors (Lipinski definition) is 0. The number of esters is 1. The maximum atomic E-state index is 10.8. The molecule has 0 N–H and O–H groups in total. The molecule has 0 aromatic carbocycles. The van der Waals surface area contributed by atoms with Crippen LogP contribution in [-0.4, -0.2) is 158 Å². The van der Waals surface area contributed by atoms with Gasteiger partial charge in [-0.25, -0.2) is 4.79 Å². The first-order valence-electron chi connectivity index (χ1n) is 16.5. The summed E-state index contributed by atoms with van der Waals surface area (Å²) in [5, 5.41) is 0. The second-order valence-corrected chi connectivity index (χ2v) is 9.52. The molecule has 0 aliphatic carbocycles. The van der Waals surface area contributed by atoms with E-state index in [0.29, 0.717) is 139 Å². The van der Waals surface area contributed by atoms with Crippen molar-refractivity contribution in [2.75, 3.05) is 152 Å². The molecule has 0 spiro atoms. The highest BCUT2D eigenvalue weighted by molar-refractivity contribution is 5.81. The average Bonchev–Trinajstić information content (AvgIpc) is 3.05. The summed E-state index contributed by atoms with van der Waals surface area (Å²) in [6.45, 7) is 17.2. The number of carbonyl (C=O) groups is 1. The van der Waals surface area contributed by atoms with E-state index in [-0.39, 0.29) is 6.61 Å². The van der Waals surface area contributed by atoms with Crippen LogP contribution in [0.15, 0.2) is 12.7 Å². The second-order valence-electron chi connectivity index (χ2n) is 9.52. The number of hydrogen-bond acceptors (Lipinski definition) is 13. The fraction of sp³-hybridized carbons (Fsp3) is 0.906. The fourth-order valence-electron chi connectivity index (χ4n) is 3.37. The third kappa shape index (κ3) is 40.7. The molecule has 0 saturated heterocycles. The molecule has 0 unspecified atom stereocenters. The summed E-state index contributed by atoms with van der Waals surface area (Å²) in [5.41, 5.74) is 0. The van der Waals surface area contributed by atoms with Gasteiger partial charge in [-0.15, -0.1) is 0 Å². The van der Waals surface area contributed by atoms with Crippen LogP contribution in [-0.2, 0) is 61.6 Å². The van der Waals surface area contributed by atoms with Crippen molar-refractivity contribution in [3.05, 3.63) is 12.7 Å². The summed E-state index contributed by atoms with van der Waals surface area (Å²) >= 11 is 0. The lowest BCUT2D eigenvalue weighted by Gasteiger charge is -2.09. The standard InChI is InChI=1S/C32H62O13/c1-3-5-6-7-8-9-34-10-11-35-12-13-36-14-15-37-16-17-38-18-19-39-20-21-40-22-23-41-24-25-42-26-27-43-28-29-44-30-31-45-32(33)4-2/h4H,2-3,5-31H2,1H3. The Morgan fingerprint density at radius 3 is 0.889 bits per heavy atom. The van der Waals surface area contributed by atoms with Crippen molar-refractivity contribution < 1.29 is 61.6 Å². The monoisotopic (exact) mass is 654 g/mol. The van der Waals surface area contributed by atoms with E-state index >= 15 is 0 Å². The zero-order chi connectivity index (χ0) is 32.6. The number of rotatable bonds is 40. The molecule has 0 fully saturated rings. The van der Waals surface area contributed by atoms with Crippen molar-refractivity contribution in [1.82, 2.24) is 0 Å². The van der Waals surface area contributed by atoms with Crippen LogP contribution in [0.1, 0.15) is 39.0 Å². The zero-order valence-electron chi connectivity index (χ0n) is 27.9. The van der Waals surface area contributed by atoms with E-state index in [1.165, 1.54) is 25.7 Å². The third-order valence-corrected chi connectivity index (χ3v) is 5.75. The first kappa shape index (κ1) is 43.8. The molecule has 13 heteroatoms. The van der Waals surface area contributed by atoms with E-state index in [4.69, 9.17) is 56.8 Å². The van der Waals surface area contributed by atoms with Crippen LogP contribution >= 0.6 is 0 Å². The Morgan fingerprint density at radius 2 is 0.622 bits per heavy atom. The normalized spacial score (nSPS) is 11.3. The minimum absolute atomic E-state index is 0.200. The van der Waals surface area contributed by atoms with E-state index in [1.54, 1.807) is 0 Å². The number of ether oxygens (including phenoxy) is 12. The highest BCUT2D eigenvalue weighted by atomic mass is 16.6. The van der Waals surface area contributed by atoms with Gasteiger partial charge in [-0.3, -0.25) is 0 Å². The molecule has 0 aliphatic rings. The molecule has 0 radical (unpaired) electrons. The Labute approximate surface area is 271 Å². The zero-order valence-corrected chi connectivity index (χ0v) is 27.9. The lowest BCUT2D eigenvalue weighted by molar-refractivity contribution is -0.139. The highest BCUT2D eigenvalue weighted by Crippen LogP contribution is 2.02. The Kier molecular flexibility index (Phi) is 39.7. The Hall–Kier alpha value is -1.23. The predicted octanol–water partition coefficient (Wildman–Crippen LogP) is 2.87. The van der Waals surface area contributed by atoms with Gasteiger partial charge in [0, 0.05) is 12.7 Å². The summed E-state index contributed by atoms with van der Waals surface area (Å²) in [5.74, 6) is -0.457. The van der Waals surface area contributed by atoms with Gasteiger partial charge in [-0.2, -0.15) is 0 Å². The van der Waals surface area contributed by atoms with Crippen molar-refractivity contribution in [2.24, 2.45) is 0 Å². The Morgan fingerprint density at radius 1 is 0.378 bits per heavy atom. The van der Waals surface area contributed by atoms with Crippen molar-refractivity contribution in [1.29, 1.82) is 0 Å². The van der Waals surface area contributed by atoms with Gasteiger partial charge < -0.3 is 56.8 Å². The maximum absolute atomic E-state index is 10.8. The molecular weight excluding hydrogens is 592 g/mol. The van der Waals surface area contributed by atoms with E-state index in [0.717, 1.165) is 19.1 Å².